The minimum Gasteiger partial charge on any atom is -0.469 e. The van der Waals surface area contributed by atoms with Gasteiger partial charge in [-0.1, -0.05) is 44.2 Å². The van der Waals surface area contributed by atoms with Crippen molar-refractivity contribution in [1.29, 1.82) is 0 Å². The van der Waals surface area contributed by atoms with Gasteiger partial charge in [-0.25, -0.2) is 0 Å². The van der Waals surface area contributed by atoms with Gasteiger partial charge in [0.2, 0.25) is 17.7 Å². The fourth-order valence-electron chi connectivity index (χ4n) is 3.15. The van der Waals surface area contributed by atoms with Crippen LogP contribution in [0.4, 0.5) is 0 Å². The molecular formula is C23H35N3O5S. The molecule has 0 bridgehead atoms. The molecule has 3 unspecified atom stereocenters. The summed E-state index contributed by atoms with van der Waals surface area (Å²) in [5, 5.41) is 7.44. The summed E-state index contributed by atoms with van der Waals surface area (Å²) in [6.45, 7) is 3.89. The normalized spacial score (nSPS) is 13.6. The summed E-state index contributed by atoms with van der Waals surface area (Å²) in [6, 6.07) is 7.81. The highest BCUT2D eigenvalue weighted by molar-refractivity contribution is 7.81. The Hall–Kier alpha value is -2.55. The van der Waals surface area contributed by atoms with Crippen molar-refractivity contribution in [3.05, 3.63) is 35.9 Å². The second kappa shape index (κ2) is 14.5. The standard InChI is InChI=1S/C23H35N3O5S/c1-15(2)13-17(26-23(30)19(32)11-8-12-20(27)31-4)22(29)25-18(21(28)24-3)14-16-9-6-5-7-10-16/h5-7,9-10,15,17-19,32H,8,11-14H2,1-4H3,(H,24,28)(H,25,29)(H,26,30). The first-order valence-corrected chi connectivity index (χ1v) is 11.3. The maximum absolute atomic E-state index is 13.0. The molecule has 0 aliphatic rings. The van der Waals surface area contributed by atoms with E-state index in [0.717, 1.165) is 5.56 Å². The number of thiol groups is 1. The minimum atomic E-state index is -0.805. The van der Waals surface area contributed by atoms with Crippen molar-refractivity contribution in [2.75, 3.05) is 14.2 Å². The van der Waals surface area contributed by atoms with Crippen LogP contribution in [-0.2, 0) is 30.3 Å². The highest BCUT2D eigenvalue weighted by Crippen LogP contribution is 2.12. The number of carbonyl (C=O) groups is 4. The lowest BCUT2D eigenvalue weighted by Gasteiger charge is -2.25. The molecule has 8 nitrogen and oxygen atoms in total. The van der Waals surface area contributed by atoms with Crippen LogP contribution in [0.25, 0.3) is 0 Å². The van der Waals surface area contributed by atoms with Crippen molar-refractivity contribution in [1.82, 2.24) is 16.0 Å². The second-order valence-corrected chi connectivity index (χ2v) is 8.66. The van der Waals surface area contributed by atoms with Crippen LogP contribution in [-0.4, -0.2) is 55.2 Å². The highest BCUT2D eigenvalue weighted by Gasteiger charge is 2.28. The Morgan fingerprint density at radius 2 is 1.59 bits per heavy atom. The first-order chi connectivity index (χ1) is 15.2. The quantitative estimate of drug-likeness (QED) is 0.261. The van der Waals surface area contributed by atoms with Gasteiger partial charge in [0.25, 0.3) is 0 Å². The Kier molecular flexibility index (Phi) is 12.5. The fraction of sp³-hybridized carbons (Fsp3) is 0.565. The molecule has 0 saturated carbocycles. The van der Waals surface area contributed by atoms with Crippen molar-refractivity contribution >= 4 is 36.3 Å². The van der Waals surface area contributed by atoms with E-state index in [4.69, 9.17) is 0 Å². The van der Waals surface area contributed by atoms with Gasteiger partial charge in [-0.05, 0) is 30.7 Å². The zero-order valence-corrected chi connectivity index (χ0v) is 20.1. The lowest BCUT2D eigenvalue weighted by atomic mass is 10.0. The predicted octanol–water partition coefficient (Wildman–Crippen LogP) is 1.63. The Balaban J connectivity index is 2.80. The number of methoxy groups -OCH3 is 1. The Morgan fingerprint density at radius 1 is 0.969 bits per heavy atom. The third kappa shape index (κ3) is 10.2. The summed E-state index contributed by atoms with van der Waals surface area (Å²) < 4.78 is 4.59. The summed E-state index contributed by atoms with van der Waals surface area (Å²) in [5.41, 5.74) is 0.909. The summed E-state index contributed by atoms with van der Waals surface area (Å²) in [5.74, 6) is -1.34. The highest BCUT2D eigenvalue weighted by atomic mass is 32.1. The molecule has 0 aliphatic heterocycles. The smallest absolute Gasteiger partial charge is 0.305 e. The molecule has 1 aromatic rings. The molecule has 0 aliphatic carbocycles. The molecule has 178 valence electrons. The first kappa shape index (κ1) is 27.5. The fourth-order valence-corrected chi connectivity index (χ4v) is 3.41. The first-order valence-electron chi connectivity index (χ1n) is 10.8. The second-order valence-electron chi connectivity index (χ2n) is 8.04. The molecule has 0 spiro atoms. The predicted molar refractivity (Wildman–Crippen MR) is 126 cm³/mol. The van der Waals surface area contributed by atoms with E-state index in [1.54, 1.807) is 0 Å². The average Bonchev–Trinajstić information content (AvgIpc) is 2.77. The van der Waals surface area contributed by atoms with Gasteiger partial charge >= 0.3 is 5.97 Å². The van der Waals surface area contributed by atoms with Crippen molar-refractivity contribution in [3.63, 3.8) is 0 Å². The van der Waals surface area contributed by atoms with Gasteiger partial charge in [0.15, 0.2) is 0 Å². The number of likely N-dealkylation sites (N-methyl/N-ethyl adjacent to an activating group) is 1. The summed E-state index contributed by atoms with van der Waals surface area (Å²) in [4.78, 5) is 49.2. The lowest BCUT2D eigenvalue weighted by Crippen LogP contribution is -2.55. The van der Waals surface area contributed by atoms with E-state index in [0.29, 0.717) is 25.7 Å². The van der Waals surface area contributed by atoms with Crippen molar-refractivity contribution in [2.24, 2.45) is 5.92 Å². The summed E-state index contributed by atoms with van der Waals surface area (Å²) >= 11 is 4.31. The van der Waals surface area contributed by atoms with Gasteiger partial charge in [0.05, 0.1) is 12.4 Å². The van der Waals surface area contributed by atoms with Crippen LogP contribution in [0.2, 0.25) is 0 Å². The number of ether oxygens (including phenoxy) is 1. The molecule has 0 aromatic heterocycles. The molecule has 1 aromatic carbocycles. The van der Waals surface area contributed by atoms with Crippen LogP contribution in [0.1, 0.15) is 45.1 Å². The third-order valence-electron chi connectivity index (χ3n) is 4.89. The van der Waals surface area contributed by atoms with E-state index in [9.17, 15) is 19.2 Å². The molecule has 1 rings (SSSR count). The summed E-state index contributed by atoms with van der Waals surface area (Å²) in [7, 11) is 2.83. The number of hydrogen-bond acceptors (Lipinski definition) is 6. The van der Waals surface area contributed by atoms with E-state index >= 15 is 0 Å². The van der Waals surface area contributed by atoms with Gasteiger partial charge in [-0.15, -0.1) is 0 Å². The van der Waals surface area contributed by atoms with Gasteiger partial charge in [-0.2, -0.15) is 12.6 Å². The topological polar surface area (TPSA) is 114 Å². The number of nitrogens with one attached hydrogen (secondary N) is 3. The van der Waals surface area contributed by atoms with Crippen LogP contribution in [0.15, 0.2) is 30.3 Å². The monoisotopic (exact) mass is 465 g/mol. The maximum Gasteiger partial charge on any atom is 0.305 e. The molecular weight excluding hydrogens is 430 g/mol. The zero-order chi connectivity index (χ0) is 24.1. The van der Waals surface area contributed by atoms with Crippen LogP contribution >= 0.6 is 12.6 Å². The van der Waals surface area contributed by atoms with Crippen molar-refractivity contribution in [3.8, 4) is 0 Å². The number of hydrogen-bond donors (Lipinski definition) is 4. The van der Waals surface area contributed by atoms with Gasteiger partial charge in [-0.3, -0.25) is 19.2 Å². The van der Waals surface area contributed by atoms with Gasteiger partial charge < -0.3 is 20.7 Å². The van der Waals surface area contributed by atoms with Crippen LogP contribution in [0, 0.1) is 5.92 Å². The van der Waals surface area contributed by atoms with Crippen molar-refractivity contribution in [2.45, 2.75) is 63.3 Å². The van der Waals surface area contributed by atoms with E-state index in [-0.39, 0.29) is 24.2 Å². The molecule has 0 saturated heterocycles. The summed E-state index contributed by atoms with van der Waals surface area (Å²) in [6.07, 6.45) is 1.76. The number of carbonyl (C=O) groups excluding carboxylic acids is 4. The Morgan fingerprint density at radius 3 is 2.16 bits per heavy atom. The van der Waals surface area contributed by atoms with E-state index in [2.05, 4.69) is 33.3 Å². The van der Waals surface area contributed by atoms with Gasteiger partial charge in [0, 0.05) is 19.9 Å². The number of benzene rings is 1. The van der Waals surface area contributed by atoms with E-state index in [1.807, 2.05) is 44.2 Å². The lowest BCUT2D eigenvalue weighted by molar-refractivity contribution is -0.140. The molecule has 3 atom stereocenters. The molecule has 3 amide bonds. The molecule has 32 heavy (non-hydrogen) atoms. The average molecular weight is 466 g/mol. The molecule has 3 N–H and O–H groups in total. The van der Waals surface area contributed by atoms with E-state index in [1.165, 1.54) is 14.2 Å². The zero-order valence-electron chi connectivity index (χ0n) is 19.2. The van der Waals surface area contributed by atoms with E-state index < -0.39 is 29.1 Å². The van der Waals surface area contributed by atoms with Crippen molar-refractivity contribution < 1.29 is 23.9 Å². The molecule has 9 heteroatoms. The third-order valence-corrected chi connectivity index (χ3v) is 5.38. The largest absolute Gasteiger partial charge is 0.469 e. The minimum absolute atomic E-state index is 0.135. The Labute approximate surface area is 195 Å². The Bertz CT molecular complexity index is 757. The molecule has 0 fully saturated rings. The number of rotatable bonds is 13. The number of esters is 1. The maximum atomic E-state index is 13.0. The van der Waals surface area contributed by atoms with Crippen LogP contribution in [0.5, 0.6) is 0 Å². The van der Waals surface area contributed by atoms with Crippen LogP contribution < -0.4 is 16.0 Å². The molecule has 0 heterocycles. The van der Waals surface area contributed by atoms with Gasteiger partial charge in [0.1, 0.15) is 12.1 Å². The number of amides is 3. The van der Waals surface area contributed by atoms with Crippen LogP contribution in [0.3, 0.4) is 0 Å². The molecule has 0 radical (unpaired) electrons. The SMILES string of the molecule is CNC(=O)C(Cc1ccccc1)NC(=O)C(CC(C)C)NC(=O)C(S)CCCC(=O)OC.